The van der Waals surface area contributed by atoms with Crippen molar-refractivity contribution in [2.24, 2.45) is 5.92 Å². The van der Waals surface area contributed by atoms with Gasteiger partial charge in [-0.2, -0.15) is 0 Å². The molecule has 4 heteroatoms. The van der Waals surface area contributed by atoms with Crippen LogP contribution in [0.25, 0.3) is 0 Å². The molecule has 2 nitrogen and oxygen atoms in total. The number of nitrogens with one attached hydrogen (secondary N) is 1. The maximum absolute atomic E-state index is 13.4. The van der Waals surface area contributed by atoms with Gasteiger partial charge in [-0.05, 0) is 30.5 Å². The summed E-state index contributed by atoms with van der Waals surface area (Å²) in [6.45, 7) is 0.607. The fourth-order valence-electron chi connectivity index (χ4n) is 1.94. The molecule has 0 aromatic heterocycles. The molecule has 0 saturated heterocycles. The average molecular weight is 256 g/mol. The summed E-state index contributed by atoms with van der Waals surface area (Å²) in [4.78, 5) is 11.7. The van der Waals surface area contributed by atoms with Crippen LogP contribution in [0, 0.1) is 11.7 Å². The van der Waals surface area contributed by atoms with Crippen molar-refractivity contribution in [2.75, 3.05) is 6.54 Å². The molecule has 1 aliphatic carbocycles. The summed E-state index contributed by atoms with van der Waals surface area (Å²) in [7, 11) is 0. The Labute approximate surface area is 105 Å². The lowest BCUT2D eigenvalue weighted by atomic mass is 9.83. The molecule has 2 rings (SSSR count). The van der Waals surface area contributed by atoms with E-state index in [4.69, 9.17) is 11.6 Å². The van der Waals surface area contributed by atoms with Gasteiger partial charge in [-0.3, -0.25) is 4.79 Å². The molecule has 0 unspecified atom stereocenters. The number of rotatable bonds is 4. The highest BCUT2D eigenvalue weighted by molar-refractivity contribution is 6.30. The van der Waals surface area contributed by atoms with Gasteiger partial charge in [-0.1, -0.05) is 30.9 Å². The topological polar surface area (TPSA) is 29.1 Å². The van der Waals surface area contributed by atoms with Crippen molar-refractivity contribution in [1.29, 1.82) is 0 Å². The van der Waals surface area contributed by atoms with E-state index < -0.39 is 5.82 Å². The van der Waals surface area contributed by atoms with Crippen molar-refractivity contribution in [1.82, 2.24) is 5.32 Å². The number of halogens is 2. The third-order valence-corrected chi connectivity index (χ3v) is 3.47. The van der Waals surface area contributed by atoms with Crippen LogP contribution < -0.4 is 5.32 Å². The van der Waals surface area contributed by atoms with Crippen molar-refractivity contribution < 1.29 is 9.18 Å². The quantitative estimate of drug-likeness (QED) is 0.878. The van der Waals surface area contributed by atoms with E-state index in [1.807, 2.05) is 0 Å². The molecular formula is C13H15ClFNO. The summed E-state index contributed by atoms with van der Waals surface area (Å²) in [5.74, 6) is -0.181. The van der Waals surface area contributed by atoms with Gasteiger partial charge in [-0.25, -0.2) is 4.39 Å². The van der Waals surface area contributed by atoms with Gasteiger partial charge in [0.05, 0.1) is 5.56 Å². The van der Waals surface area contributed by atoms with Gasteiger partial charge in [0, 0.05) is 11.6 Å². The van der Waals surface area contributed by atoms with Crippen molar-refractivity contribution in [3.8, 4) is 0 Å². The molecule has 17 heavy (non-hydrogen) atoms. The highest BCUT2D eigenvalue weighted by Crippen LogP contribution is 2.28. The summed E-state index contributed by atoms with van der Waals surface area (Å²) in [5, 5.41) is 3.10. The summed E-state index contributed by atoms with van der Waals surface area (Å²) in [6, 6.07) is 4.00. The van der Waals surface area contributed by atoms with E-state index >= 15 is 0 Å². The molecule has 0 radical (unpaired) electrons. The Balaban J connectivity index is 1.87. The normalized spacial score (nSPS) is 15.4. The molecule has 0 bridgehead atoms. The third-order valence-electron chi connectivity index (χ3n) is 3.24. The minimum absolute atomic E-state index is 0.0195. The second-order valence-electron chi connectivity index (χ2n) is 4.47. The first-order chi connectivity index (χ1) is 8.16. The average Bonchev–Trinajstić information content (AvgIpc) is 2.25. The van der Waals surface area contributed by atoms with Crippen LogP contribution in [0.15, 0.2) is 18.2 Å². The highest BCUT2D eigenvalue weighted by atomic mass is 35.5. The van der Waals surface area contributed by atoms with Crippen molar-refractivity contribution in [2.45, 2.75) is 25.7 Å². The largest absolute Gasteiger partial charge is 0.352 e. The molecule has 1 aliphatic rings. The fraction of sp³-hybridized carbons (Fsp3) is 0.462. The lowest BCUT2D eigenvalue weighted by molar-refractivity contribution is 0.0945. The lowest BCUT2D eigenvalue weighted by Crippen LogP contribution is -2.28. The fourth-order valence-corrected chi connectivity index (χ4v) is 2.11. The third kappa shape index (κ3) is 3.19. The van der Waals surface area contributed by atoms with Crippen LogP contribution in [0.4, 0.5) is 4.39 Å². The van der Waals surface area contributed by atoms with Crippen LogP contribution >= 0.6 is 11.6 Å². The van der Waals surface area contributed by atoms with Gasteiger partial charge < -0.3 is 5.32 Å². The molecule has 1 aromatic rings. The van der Waals surface area contributed by atoms with Crippen LogP contribution in [-0.4, -0.2) is 12.5 Å². The smallest absolute Gasteiger partial charge is 0.254 e. The monoisotopic (exact) mass is 255 g/mol. The minimum Gasteiger partial charge on any atom is -0.352 e. The maximum Gasteiger partial charge on any atom is 0.254 e. The van der Waals surface area contributed by atoms with Crippen molar-refractivity contribution in [3.05, 3.63) is 34.6 Å². The Morgan fingerprint density at radius 2 is 2.24 bits per heavy atom. The van der Waals surface area contributed by atoms with E-state index in [0.717, 1.165) is 12.3 Å². The van der Waals surface area contributed by atoms with E-state index in [1.54, 1.807) is 0 Å². The molecule has 0 aliphatic heterocycles. The Bertz CT molecular complexity index is 418. The molecule has 1 fully saturated rings. The number of benzene rings is 1. The Morgan fingerprint density at radius 1 is 1.47 bits per heavy atom. The molecular weight excluding hydrogens is 241 g/mol. The first kappa shape index (κ1) is 12.4. The van der Waals surface area contributed by atoms with Gasteiger partial charge in [0.1, 0.15) is 5.82 Å². The zero-order valence-corrected chi connectivity index (χ0v) is 10.3. The molecule has 92 valence electrons. The summed E-state index contributed by atoms with van der Waals surface area (Å²) < 4.78 is 13.4. The lowest BCUT2D eigenvalue weighted by Gasteiger charge is -2.25. The van der Waals surface area contributed by atoms with Crippen LogP contribution in [0.2, 0.25) is 5.02 Å². The minimum atomic E-state index is -0.532. The summed E-state index contributed by atoms with van der Waals surface area (Å²) in [5.41, 5.74) is 0.0195. The first-order valence-electron chi connectivity index (χ1n) is 5.90. The predicted molar refractivity (Wildman–Crippen MR) is 65.7 cm³/mol. The second-order valence-corrected chi connectivity index (χ2v) is 4.90. The molecule has 0 heterocycles. The molecule has 0 atom stereocenters. The van der Waals surface area contributed by atoms with Gasteiger partial charge in [-0.15, -0.1) is 0 Å². The number of amides is 1. The van der Waals surface area contributed by atoms with E-state index in [9.17, 15) is 9.18 Å². The summed E-state index contributed by atoms with van der Waals surface area (Å²) >= 11 is 5.73. The van der Waals surface area contributed by atoms with Crippen molar-refractivity contribution in [3.63, 3.8) is 0 Å². The van der Waals surface area contributed by atoms with Crippen LogP contribution in [0.3, 0.4) is 0 Å². The molecule has 0 spiro atoms. The van der Waals surface area contributed by atoms with E-state index in [-0.39, 0.29) is 11.5 Å². The molecule has 1 N–H and O–H groups in total. The van der Waals surface area contributed by atoms with Crippen LogP contribution in [-0.2, 0) is 0 Å². The predicted octanol–water partition coefficient (Wildman–Crippen LogP) is 3.40. The zero-order chi connectivity index (χ0) is 12.3. The van der Waals surface area contributed by atoms with E-state index in [1.165, 1.54) is 37.5 Å². The first-order valence-corrected chi connectivity index (χ1v) is 6.28. The second kappa shape index (κ2) is 5.50. The van der Waals surface area contributed by atoms with Gasteiger partial charge >= 0.3 is 0 Å². The zero-order valence-electron chi connectivity index (χ0n) is 9.51. The van der Waals surface area contributed by atoms with E-state index in [0.29, 0.717) is 11.6 Å². The Hall–Kier alpha value is -1.09. The number of carbonyl (C=O) groups is 1. The SMILES string of the molecule is O=C(NCCC1CCC1)c1cc(Cl)ccc1F. The van der Waals surface area contributed by atoms with Gasteiger partial charge in [0.15, 0.2) is 0 Å². The highest BCUT2D eigenvalue weighted by Gasteiger charge is 2.17. The van der Waals surface area contributed by atoms with Crippen LogP contribution in [0.1, 0.15) is 36.0 Å². The number of carbonyl (C=O) groups excluding carboxylic acids is 1. The number of hydrogen-bond acceptors (Lipinski definition) is 1. The summed E-state index contributed by atoms with van der Waals surface area (Å²) in [6.07, 6.45) is 4.78. The van der Waals surface area contributed by atoms with E-state index in [2.05, 4.69) is 5.32 Å². The van der Waals surface area contributed by atoms with Crippen molar-refractivity contribution >= 4 is 17.5 Å². The molecule has 1 saturated carbocycles. The standard InChI is InChI=1S/C13H15ClFNO/c14-10-4-5-12(15)11(8-10)13(17)16-7-6-9-2-1-3-9/h4-5,8-9H,1-3,6-7H2,(H,16,17). The van der Waals surface area contributed by atoms with Crippen LogP contribution in [0.5, 0.6) is 0 Å². The number of hydrogen-bond donors (Lipinski definition) is 1. The molecule has 1 aromatic carbocycles. The van der Waals surface area contributed by atoms with Gasteiger partial charge in [0.25, 0.3) is 5.91 Å². The Kier molecular flexibility index (Phi) is 4.00. The van der Waals surface area contributed by atoms with Gasteiger partial charge in [0.2, 0.25) is 0 Å². The Morgan fingerprint density at radius 3 is 2.88 bits per heavy atom. The molecule has 1 amide bonds. The maximum atomic E-state index is 13.4.